The van der Waals surface area contributed by atoms with Gasteiger partial charge in [-0.05, 0) is 53.7 Å². The highest BCUT2D eigenvalue weighted by Gasteiger charge is 2.18. The molecule has 0 saturated carbocycles. The Kier molecular flexibility index (Phi) is 5.75. The Morgan fingerprint density at radius 2 is 1.82 bits per heavy atom. The van der Waals surface area contributed by atoms with E-state index in [-0.39, 0.29) is 5.41 Å². The Morgan fingerprint density at radius 1 is 1.18 bits per heavy atom. The van der Waals surface area contributed by atoms with Crippen LogP contribution in [0.1, 0.15) is 45.7 Å². The monoisotopic (exact) mass is 300 g/mol. The van der Waals surface area contributed by atoms with Crippen molar-refractivity contribution in [3.63, 3.8) is 0 Å². The van der Waals surface area contributed by atoms with Gasteiger partial charge in [-0.1, -0.05) is 45.1 Å². The molecule has 0 aliphatic heterocycles. The third-order valence-electron chi connectivity index (χ3n) is 3.32. The van der Waals surface area contributed by atoms with Gasteiger partial charge in [0, 0.05) is 6.08 Å². The van der Waals surface area contributed by atoms with Crippen LogP contribution in [0.5, 0.6) is 5.75 Å². The predicted molar refractivity (Wildman–Crippen MR) is 91.0 cm³/mol. The molecule has 1 aromatic rings. The highest BCUT2D eigenvalue weighted by atomic mass is 16.4. The van der Waals surface area contributed by atoms with Gasteiger partial charge in [-0.2, -0.15) is 0 Å². The first kappa shape index (κ1) is 17.8. The Balaban J connectivity index is 3.04. The molecule has 0 aliphatic rings. The van der Waals surface area contributed by atoms with Gasteiger partial charge in [0.05, 0.1) is 0 Å². The molecule has 0 heterocycles. The van der Waals surface area contributed by atoms with Crippen LogP contribution in [0.4, 0.5) is 0 Å². The molecule has 3 nitrogen and oxygen atoms in total. The zero-order valence-corrected chi connectivity index (χ0v) is 13.8. The molecule has 0 bridgehead atoms. The van der Waals surface area contributed by atoms with E-state index in [1.54, 1.807) is 19.1 Å². The van der Waals surface area contributed by atoms with Gasteiger partial charge < -0.3 is 10.2 Å². The van der Waals surface area contributed by atoms with Crippen molar-refractivity contribution < 1.29 is 15.0 Å². The first-order valence-electron chi connectivity index (χ1n) is 7.21. The lowest BCUT2D eigenvalue weighted by Gasteiger charge is -2.21. The maximum atomic E-state index is 10.5. The van der Waals surface area contributed by atoms with Crippen molar-refractivity contribution in [1.82, 2.24) is 0 Å². The topological polar surface area (TPSA) is 57.5 Å². The third-order valence-corrected chi connectivity index (χ3v) is 3.32. The predicted octanol–water partition coefficient (Wildman–Crippen LogP) is 4.68. The van der Waals surface area contributed by atoms with Gasteiger partial charge in [0.25, 0.3) is 0 Å². The highest BCUT2D eigenvalue weighted by molar-refractivity contribution is 5.81. The van der Waals surface area contributed by atoms with E-state index in [0.29, 0.717) is 11.3 Å². The van der Waals surface area contributed by atoms with E-state index in [1.807, 2.05) is 31.2 Å². The number of rotatable bonds is 4. The van der Waals surface area contributed by atoms with Gasteiger partial charge in [0.15, 0.2) is 0 Å². The van der Waals surface area contributed by atoms with Crippen molar-refractivity contribution in [2.24, 2.45) is 0 Å². The van der Waals surface area contributed by atoms with Crippen molar-refractivity contribution in [3.05, 3.63) is 59.2 Å². The molecule has 1 aromatic carbocycles. The molecule has 2 N–H and O–H groups in total. The molecule has 0 radical (unpaired) electrons. The summed E-state index contributed by atoms with van der Waals surface area (Å²) < 4.78 is 0. The number of phenolic OH excluding ortho intramolecular Hbond substituents is 1. The van der Waals surface area contributed by atoms with Gasteiger partial charge in [-0.25, -0.2) is 4.79 Å². The minimum Gasteiger partial charge on any atom is -0.508 e. The number of phenols is 1. The number of allylic oxidation sites excluding steroid dienone is 5. The molecule has 0 aliphatic carbocycles. The highest BCUT2D eigenvalue weighted by Crippen LogP contribution is 2.32. The quantitative estimate of drug-likeness (QED) is 0.627. The summed E-state index contributed by atoms with van der Waals surface area (Å²) >= 11 is 0. The van der Waals surface area contributed by atoms with E-state index in [9.17, 15) is 9.90 Å². The largest absolute Gasteiger partial charge is 0.508 e. The van der Waals surface area contributed by atoms with Crippen molar-refractivity contribution in [3.8, 4) is 5.75 Å². The maximum absolute atomic E-state index is 10.5. The van der Waals surface area contributed by atoms with Crippen LogP contribution in [-0.4, -0.2) is 16.2 Å². The van der Waals surface area contributed by atoms with Gasteiger partial charge in [0.2, 0.25) is 0 Å². The van der Waals surface area contributed by atoms with E-state index in [0.717, 1.165) is 22.8 Å². The number of hydrogen-bond acceptors (Lipinski definition) is 2. The van der Waals surface area contributed by atoms with Crippen molar-refractivity contribution in [2.75, 3.05) is 0 Å². The molecule has 118 valence electrons. The molecule has 0 saturated heterocycles. The molecule has 0 atom stereocenters. The Hall–Kier alpha value is -2.29. The van der Waals surface area contributed by atoms with Crippen LogP contribution in [0.3, 0.4) is 0 Å². The smallest absolute Gasteiger partial charge is 0.328 e. The molecule has 0 unspecified atom stereocenters. The molecule has 0 spiro atoms. The standard InChI is InChI=1S/C19H24O3/c1-13(11-18(21)22)7-6-8-14(2)15-9-10-17(20)16(12-15)19(3,4)5/h6-12,20H,1-5H3,(H,21,22). The number of benzene rings is 1. The zero-order chi connectivity index (χ0) is 16.9. The lowest BCUT2D eigenvalue weighted by Crippen LogP contribution is -2.11. The number of aromatic hydroxyl groups is 1. The summed E-state index contributed by atoms with van der Waals surface area (Å²) in [5.74, 6) is -0.643. The average molecular weight is 300 g/mol. The SMILES string of the molecule is CC(C=CC=C(C)c1ccc(O)c(C(C)(C)C)c1)=CC(=O)O. The fraction of sp³-hybridized carbons (Fsp3) is 0.316. The fourth-order valence-corrected chi connectivity index (χ4v) is 2.07. The van der Waals surface area contributed by atoms with E-state index >= 15 is 0 Å². The minimum atomic E-state index is -0.948. The number of aliphatic carboxylic acids is 1. The lowest BCUT2D eigenvalue weighted by molar-refractivity contribution is -0.131. The summed E-state index contributed by atoms with van der Waals surface area (Å²) in [5, 5.41) is 18.6. The molecular weight excluding hydrogens is 276 g/mol. The van der Waals surface area contributed by atoms with Crippen LogP contribution >= 0.6 is 0 Å². The number of hydrogen-bond donors (Lipinski definition) is 2. The van der Waals surface area contributed by atoms with E-state index in [2.05, 4.69) is 20.8 Å². The maximum Gasteiger partial charge on any atom is 0.328 e. The van der Waals surface area contributed by atoms with Crippen molar-refractivity contribution in [2.45, 2.75) is 40.0 Å². The Labute approximate surface area is 132 Å². The number of carboxylic acid groups (broad SMARTS) is 1. The van der Waals surface area contributed by atoms with Gasteiger partial charge in [-0.3, -0.25) is 0 Å². The fourth-order valence-electron chi connectivity index (χ4n) is 2.07. The molecule has 0 aromatic heterocycles. The molecular formula is C19H24O3. The summed E-state index contributed by atoms with van der Waals surface area (Å²) in [6, 6.07) is 5.59. The molecule has 0 amide bonds. The third kappa shape index (κ3) is 5.24. The van der Waals surface area contributed by atoms with Crippen molar-refractivity contribution >= 4 is 11.5 Å². The van der Waals surface area contributed by atoms with E-state index in [1.165, 1.54) is 0 Å². The first-order valence-corrected chi connectivity index (χ1v) is 7.21. The normalized spacial score (nSPS) is 13.7. The summed E-state index contributed by atoms with van der Waals surface area (Å²) in [5.41, 5.74) is 3.54. The summed E-state index contributed by atoms with van der Waals surface area (Å²) in [7, 11) is 0. The molecule has 1 rings (SSSR count). The Morgan fingerprint density at radius 3 is 2.36 bits per heavy atom. The Bertz CT molecular complexity index is 641. The molecule has 3 heteroatoms. The second-order valence-electron chi connectivity index (χ2n) is 6.42. The van der Waals surface area contributed by atoms with Crippen LogP contribution in [0.25, 0.3) is 5.57 Å². The average Bonchev–Trinajstić information content (AvgIpc) is 2.36. The van der Waals surface area contributed by atoms with E-state index < -0.39 is 5.97 Å². The molecule has 0 fully saturated rings. The van der Waals surface area contributed by atoms with Crippen LogP contribution in [0.15, 0.2) is 48.1 Å². The van der Waals surface area contributed by atoms with Crippen LogP contribution in [0, 0.1) is 0 Å². The van der Waals surface area contributed by atoms with Crippen LogP contribution in [-0.2, 0) is 10.2 Å². The van der Waals surface area contributed by atoms with Gasteiger partial charge in [0.1, 0.15) is 5.75 Å². The summed E-state index contributed by atoms with van der Waals surface area (Å²) in [4.78, 5) is 10.5. The van der Waals surface area contributed by atoms with E-state index in [4.69, 9.17) is 5.11 Å². The lowest BCUT2D eigenvalue weighted by atomic mass is 9.84. The van der Waals surface area contributed by atoms with Crippen LogP contribution < -0.4 is 0 Å². The second-order valence-corrected chi connectivity index (χ2v) is 6.42. The second kappa shape index (κ2) is 7.12. The van der Waals surface area contributed by atoms with Crippen molar-refractivity contribution in [1.29, 1.82) is 0 Å². The summed E-state index contributed by atoms with van der Waals surface area (Å²) in [6.45, 7) is 9.91. The number of carbonyl (C=O) groups is 1. The minimum absolute atomic E-state index is 0.128. The first-order chi connectivity index (χ1) is 10.1. The van der Waals surface area contributed by atoms with Crippen LogP contribution in [0.2, 0.25) is 0 Å². The number of carboxylic acids is 1. The molecule has 22 heavy (non-hydrogen) atoms. The van der Waals surface area contributed by atoms with Gasteiger partial charge in [-0.15, -0.1) is 0 Å². The zero-order valence-electron chi connectivity index (χ0n) is 13.8. The summed E-state index contributed by atoms with van der Waals surface area (Å²) in [6.07, 6.45) is 6.67. The van der Waals surface area contributed by atoms with Gasteiger partial charge >= 0.3 is 5.97 Å².